The van der Waals surface area contributed by atoms with Crippen LogP contribution in [0.5, 0.6) is 0 Å². The molecule has 8 nitrogen and oxygen atoms in total. The number of nitrogens with zero attached hydrogens (tertiary/aromatic N) is 3. The van der Waals surface area contributed by atoms with Crippen molar-refractivity contribution in [2.24, 2.45) is 0 Å². The molecule has 0 bridgehead atoms. The number of amides is 2. The van der Waals surface area contributed by atoms with Gasteiger partial charge in [0, 0.05) is 31.6 Å². The van der Waals surface area contributed by atoms with Gasteiger partial charge in [0.2, 0.25) is 5.91 Å². The Morgan fingerprint density at radius 1 is 1.24 bits per heavy atom. The lowest BCUT2D eigenvalue weighted by atomic mass is 9.92. The van der Waals surface area contributed by atoms with Crippen molar-refractivity contribution in [2.45, 2.75) is 31.8 Å². The second-order valence-electron chi connectivity index (χ2n) is 6.56. The van der Waals surface area contributed by atoms with E-state index in [0.29, 0.717) is 42.9 Å². The second kappa shape index (κ2) is 5.87. The summed E-state index contributed by atoms with van der Waals surface area (Å²) < 4.78 is 4.64. The average Bonchev–Trinajstić information content (AvgIpc) is 3.00. The first-order chi connectivity index (χ1) is 12.1. The number of piperidine rings is 1. The molecule has 25 heavy (non-hydrogen) atoms. The van der Waals surface area contributed by atoms with Crippen LogP contribution in [-0.4, -0.2) is 45.8 Å². The molecule has 1 fully saturated rings. The molecule has 8 heteroatoms. The van der Waals surface area contributed by atoms with E-state index < -0.39 is 5.66 Å². The molecule has 0 saturated carbocycles. The van der Waals surface area contributed by atoms with Gasteiger partial charge in [0.05, 0.1) is 12.0 Å². The maximum Gasteiger partial charge on any atom is 0.255 e. The molecule has 2 N–H and O–H groups in total. The highest BCUT2D eigenvalue weighted by atomic mass is 16.6. The van der Waals surface area contributed by atoms with Gasteiger partial charge in [0.25, 0.3) is 5.91 Å². The van der Waals surface area contributed by atoms with Crippen LogP contribution in [0.4, 0.5) is 5.69 Å². The molecule has 2 aliphatic rings. The van der Waals surface area contributed by atoms with Crippen LogP contribution >= 0.6 is 0 Å². The van der Waals surface area contributed by atoms with Crippen molar-refractivity contribution in [3.8, 4) is 0 Å². The van der Waals surface area contributed by atoms with Gasteiger partial charge in [-0.3, -0.25) is 9.59 Å². The van der Waals surface area contributed by atoms with Crippen molar-refractivity contribution >= 4 is 17.5 Å². The summed E-state index contributed by atoms with van der Waals surface area (Å²) in [4.78, 5) is 26.6. The normalized spacial score (nSPS) is 18.4. The number of aryl methyl sites for hydroxylation is 1. The van der Waals surface area contributed by atoms with Crippen LogP contribution in [0.25, 0.3) is 0 Å². The van der Waals surface area contributed by atoms with E-state index in [-0.39, 0.29) is 18.2 Å². The number of carbonyl (C=O) groups excluding carboxylic acids is 2. The lowest BCUT2D eigenvalue weighted by molar-refractivity contribution is -0.132. The molecule has 1 aromatic carbocycles. The summed E-state index contributed by atoms with van der Waals surface area (Å²) in [6.07, 6.45) is 1.48. The minimum atomic E-state index is -0.492. The van der Waals surface area contributed by atoms with Crippen molar-refractivity contribution in [1.29, 1.82) is 0 Å². The maximum atomic E-state index is 12.5. The number of rotatable bonds is 2. The number of fused-ring (bicyclic) bond motifs is 1. The van der Waals surface area contributed by atoms with Crippen LogP contribution in [0.2, 0.25) is 0 Å². The molecule has 4 rings (SSSR count). The molecule has 1 spiro atoms. The molecule has 3 heterocycles. The number of para-hydroxylation sites is 1. The van der Waals surface area contributed by atoms with Crippen molar-refractivity contribution < 1.29 is 14.2 Å². The van der Waals surface area contributed by atoms with Crippen LogP contribution in [0.3, 0.4) is 0 Å². The van der Waals surface area contributed by atoms with Gasteiger partial charge in [0.15, 0.2) is 0 Å². The molecular formula is C17H19N5O3. The fourth-order valence-electron chi connectivity index (χ4n) is 3.42. The molecule has 0 radical (unpaired) electrons. The lowest BCUT2D eigenvalue weighted by Crippen LogP contribution is -2.62. The first-order valence-electron chi connectivity index (χ1n) is 8.32. The van der Waals surface area contributed by atoms with Gasteiger partial charge in [-0.05, 0) is 19.1 Å². The van der Waals surface area contributed by atoms with Crippen LogP contribution < -0.4 is 10.6 Å². The number of aromatic nitrogens is 2. The third-order valence-corrected chi connectivity index (χ3v) is 4.93. The van der Waals surface area contributed by atoms with Gasteiger partial charge >= 0.3 is 0 Å². The van der Waals surface area contributed by atoms with Gasteiger partial charge < -0.3 is 15.5 Å². The smallest absolute Gasteiger partial charge is 0.255 e. The van der Waals surface area contributed by atoms with E-state index in [2.05, 4.69) is 25.6 Å². The number of likely N-dealkylation sites (tertiary alicyclic amines) is 1. The maximum absolute atomic E-state index is 12.5. The van der Waals surface area contributed by atoms with E-state index in [1.54, 1.807) is 17.9 Å². The number of anilines is 1. The van der Waals surface area contributed by atoms with E-state index in [4.69, 9.17) is 0 Å². The highest BCUT2D eigenvalue weighted by Gasteiger charge is 2.40. The molecule has 2 amide bonds. The van der Waals surface area contributed by atoms with Crippen molar-refractivity contribution in [3.05, 3.63) is 41.2 Å². The number of carbonyl (C=O) groups is 2. The Morgan fingerprint density at radius 2 is 2.00 bits per heavy atom. The zero-order valence-corrected chi connectivity index (χ0v) is 13.9. The largest absolute Gasteiger partial charge is 0.362 e. The molecule has 0 atom stereocenters. The standard InChI is InChI=1S/C17H19N5O3/c1-11-14(21-25-20-11)10-15(23)22-8-6-17(7-9-22)18-13-5-3-2-4-12(13)16(24)19-17/h2-5,18H,6-10H2,1H3,(H,19,24). The van der Waals surface area contributed by atoms with Gasteiger partial charge in [-0.1, -0.05) is 22.4 Å². The van der Waals surface area contributed by atoms with E-state index >= 15 is 0 Å². The first-order valence-corrected chi connectivity index (χ1v) is 8.32. The summed E-state index contributed by atoms with van der Waals surface area (Å²) in [5.41, 5.74) is 2.21. The molecule has 1 aromatic heterocycles. The molecule has 2 aliphatic heterocycles. The number of hydrogen-bond acceptors (Lipinski definition) is 6. The van der Waals surface area contributed by atoms with E-state index in [0.717, 1.165) is 5.69 Å². The Kier molecular flexibility index (Phi) is 3.67. The molecule has 2 aromatic rings. The zero-order valence-electron chi connectivity index (χ0n) is 13.9. The van der Waals surface area contributed by atoms with Crippen LogP contribution in [0, 0.1) is 6.92 Å². The summed E-state index contributed by atoms with van der Waals surface area (Å²) in [5.74, 6) is -0.0744. The minimum absolute atomic E-state index is 0.00353. The first kappa shape index (κ1) is 15.6. The topological polar surface area (TPSA) is 100 Å². The predicted octanol–water partition coefficient (Wildman–Crippen LogP) is 1.09. The summed E-state index contributed by atoms with van der Waals surface area (Å²) in [7, 11) is 0. The molecular weight excluding hydrogens is 322 g/mol. The predicted molar refractivity (Wildman–Crippen MR) is 88.8 cm³/mol. The SMILES string of the molecule is Cc1nonc1CC(=O)N1CCC2(CC1)NC(=O)c1ccccc1N2. The van der Waals surface area contributed by atoms with Crippen LogP contribution in [0.1, 0.15) is 34.6 Å². The summed E-state index contributed by atoms with van der Waals surface area (Å²) in [5, 5.41) is 14.0. The number of hydrogen-bond donors (Lipinski definition) is 2. The number of nitrogens with one attached hydrogen (secondary N) is 2. The van der Waals surface area contributed by atoms with Crippen molar-refractivity contribution in [2.75, 3.05) is 18.4 Å². The van der Waals surface area contributed by atoms with Gasteiger partial charge in [0.1, 0.15) is 17.1 Å². The monoisotopic (exact) mass is 341 g/mol. The summed E-state index contributed by atoms with van der Waals surface area (Å²) in [6, 6.07) is 7.47. The highest BCUT2D eigenvalue weighted by Crippen LogP contribution is 2.31. The molecule has 0 aliphatic carbocycles. The molecule has 130 valence electrons. The Bertz CT molecular complexity index is 823. The Labute approximate surface area is 144 Å². The van der Waals surface area contributed by atoms with E-state index in [1.807, 2.05) is 18.2 Å². The fourth-order valence-corrected chi connectivity index (χ4v) is 3.42. The third kappa shape index (κ3) is 2.84. The fraction of sp³-hybridized carbons (Fsp3) is 0.412. The van der Waals surface area contributed by atoms with E-state index in [1.165, 1.54) is 0 Å². The van der Waals surface area contributed by atoms with Gasteiger partial charge in [-0.25, -0.2) is 4.63 Å². The van der Waals surface area contributed by atoms with Crippen molar-refractivity contribution in [1.82, 2.24) is 20.5 Å². The van der Waals surface area contributed by atoms with Crippen LogP contribution in [0.15, 0.2) is 28.9 Å². The average molecular weight is 341 g/mol. The molecule has 0 unspecified atom stereocenters. The zero-order chi connectivity index (χ0) is 17.4. The Hall–Kier alpha value is -2.90. The van der Waals surface area contributed by atoms with E-state index in [9.17, 15) is 9.59 Å². The van der Waals surface area contributed by atoms with Crippen LogP contribution in [-0.2, 0) is 11.2 Å². The quantitative estimate of drug-likeness (QED) is 0.848. The van der Waals surface area contributed by atoms with Crippen molar-refractivity contribution in [3.63, 3.8) is 0 Å². The second-order valence-corrected chi connectivity index (χ2v) is 6.56. The summed E-state index contributed by atoms with van der Waals surface area (Å²) >= 11 is 0. The highest BCUT2D eigenvalue weighted by molar-refractivity contribution is 6.02. The third-order valence-electron chi connectivity index (χ3n) is 4.93. The minimum Gasteiger partial charge on any atom is -0.362 e. The molecule has 1 saturated heterocycles. The summed E-state index contributed by atoms with van der Waals surface area (Å²) in [6.45, 7) is 2.90. The lowest BCUT2D eigenvalue weighted by Gasteiger charge is -2.45. The van der Waals surface area contributed by atoms with Gasteiger partial charge in [-0.2, -0.15) is 0 Å². The Balaban J connectivity index is 1.42. The van der Waals surface area contributed by atoms with Gasteiger partial charge in [-0.15, -0.1) is 0 Å². The number of benzene rings is 1. The Morgan fingerprint density at radius 3 is 2.72 bits per heavy atom.